The van der Waals surface area contributed by atoms with E-state index in [1.165, 1.54) is 18.6 Å². The van der Waals surface area contributed by atoms with Crippen LogP contribution in [0.5, 0.6) is 0 Å². The average Bonchev–Trinajstić information content (AvgIpc) is 3.42. The monoisotopic (exact) mass is 332 g/mol. The van der Waals surface area contributed by atoms with Crippen molar-refractivity contribution in [3.8, 4) is 11.4 Å². The van der Waals surface area contributed by atoms with Gasteiger partial charge in [0.05, 0.1) is 29.5 Å². The van der Waals surface area contributed by atoms with Crippen LogP contribution in [0.25, 0.3) is 17.0 Å². The Morgan fingerprint density at radius 2 is 2.12 bits per heavy atom. The summed E-state index contributed by atoms with van der Waals surface area (Å²) < 4.78 is 2.10. The third kappa shape index (κ3) is 2.93. The first-order chi connectivity index (χ1) is 12.4. The number of hydrogen-bond acceptors (Lipinski definition) is 5. The van der Waals surface area contributed by atoms with E-state index >= 15 is 0 Å². The molecule has 2 fully saturated rings. The van der Waals surface area contributed by atoms with Crippen LogP contribution < -0.4 is 5.32 Å². The zero-order valence-electron chi connectivity index (χ0n) is 14.0. The number of piperidine rings is 1. The van der Waals surface area contributed by atoms with E-state index in [1.54, 1.807) is 0 Å². The minimum absolute atomic E-state index is 0.615. The van der Waals surface area contributed by atoms with Crippen LogP contribution in [0.2, 0.25) is 0 Å². The van der Waals surface area contributed by atoms with E-state index in [9.17, 15) is 0 Å². The van der Waals surface area contributed by atoms with E-state index in [1.807, 2.05) is 30.6 Å². The average molecular weight is 332 g/mol. The number of nitrogens with one attached hydrogen (secondary N) is 1. The van der Waals surface area contributed by atoms with Crippen molar-refractivity contribution in [2.24, 2.45) is 4.99 Å². The van der Waals surface area contributed by atoms with E-state index in [2.05, 4.69) is 25.9 Å². The largest absolute Gasteiger partial charge is 0.311 e. The summed E-state index contributed by atoms with van der Waals surface area (Å²) in [6.07, 6.45) is 10.5. The Balaban J connectivity index is 1.53. The molecule has 0 bridgehead atoms. The minimum Gasteiger partial charge on any atom is -0.311 e. The van der Waals surface area contributed by atoms with E-state index in [0.29, 0.717) is 5.92 Å². The molecule has 0 unspecified atom stereocenters. The van der Waals surface area contributed by atoms with Gasteiger partial charge in [0, 0.05) is 24.4 Å². The van der Waals surface area contributed by atoms with Crippen LogP contribution in [-0.4, -0.2) is 38.2 Å². The van der Waals surface area contributed by atoms with Gasteiger partial charge in [0.2, 0.25) is 0 Å². The summed E-state index contributed by atoms with van der Waals surface area (Å²) in [5.41, 5.74) is 5.06. The third-order valence-electron chi connectivity index (χ3n) is 4.83. The maximum Gasteiger partial charge on any atom is 0.155 e. The molecule has 0 amide bonds. The SMILES string of the molecule is c1cc(/N=C2\CCCNC2)nc(-c2cnc3cnc(C4CC4)cn23)c1. The molecule has 126 valence electrons. The Kier molecular flexibility index (Phi) is 3.56. The first-order valence-corrected chi connectivity index (χ1v) is 8.94. The molecule has 0 aromatic carbocycles. The molecule has 1 aliphatic heterocycles. The fourth-order valence-electron chi connectivity index (χ4n) is 3.31. The molecule has 0 spiro atoms. The lowest BCUT2D eigenvalue weighted by Crippen LogP contribution is -2.29. The van der Waals surface area contributed by atoms with Crippen molar-refractivity contribution >= 4 is 17.2 Å². The minimum atomic E-state index is 0.615. The molecule has 25 heavy (non-hydrogen) atoms. The molecule has 3 aromatic heterocycles. The van der Waals surface area contributed by atoms with Crippen LogP contribution in [0.4, 0.5) is 5.82 Å². The molecular weight excluding hydrogens is 312 g/mol. The van der Waals surface area contributed by atoms with Crippen LogP contribution >= 0.6 is 0 Å². The smallest absolute Gasteiger partial charge is 0.155 e. The summed E-state index contributed by atoms with van der Waals surface area (Å²) in [6.45, 7) is 1.93. The number of aromatic nitrogens is 4. The molecule has 1 saturated heterocycles. The zero-order valence-corrected chi connectivity index (χ0v) is 14.0. The summed E-state index contributed by atoms with van der Waals surface area (Å²) >= 11 is 0. The zero-order chi connectivity index (χ0) is 16.6. The molecule has 4 heterocycles. The second kappa shape index (κ2) is 6.04. The number of nitrogens with zero attached hydrogens (tertiary/aromatic N) is 5. The number of imidazole rings is 1. The highest BCUT2D eigenvalue weighted by molar-refractivity contribution is 5.89. The molecular formula is C19H20N6. The molecule has 6 heteroatoms. The molecule has 5 rings (SSSR count). The molecule has 2 aliphatic rings. The van der Waals surface area contributed by atoms with Gasteiger partial charge in [-0.1, -0.05) is 6.07 Å². The molecule has 0 atom stereocenters. The maximum absolute atomic E-state index is 4.75. The lowest BCUT2D eigenvalue weighted by molar-refractivity contribution is 0.673. The van der Waals surface area contributed by atoms with Crippen LogP contribution in [0.15, 0.2) is 41.8 Å². The van der Waals surface area contributed by atoms with Gasteiger partial charge in [-0.3, -0.25) is 9.38 Å². The lowest BCUT2D eigenvalue weighted by atomic mass is 10.1. The predicted octanol–water partition coefficient (Wildman–Crippen LogP) is 3.12. The highest BCUT2D eigenvalue weighted by Crippen LogP contribution is 2.39. The first kappa shape index (κ1) is 14.7. The first-order valence-electron chi connectivity index (χ1n) is 8.94. The standard InChI is InChI=1S/C19H20N6/c1-4-15(24-18(5-1)23-14-3-2-8-20-9-14)17-10-22-19-11-21-16(12-25(17)19)13-6-7-13/h1,4-5,10-13,20H,2-3,6-9H2/b23-14+. The fourth-order valence-corrected chi connectivity index (χ4v) is 3.31. The van der Waals surface area contributed by atoms with Crippen molar-refractivity contribution in [1.29, 1.82) is 0 Å². The van der Waals surface area contributed by atoms with Gasteiger partial charge < -0.3 is 5.32 Å². The second-order valence-corrected chi connectivity index (χ2v) is 6.80. The Morgan fingerprint density at radius 3 is 2.96 bits per heavy atom. The highest BCUT2D eigenvalue weighted by Gasteiger charge is 2.25. The quantitative estimate of drug-likeness (QED) is 0.800. The summed E-state index contributed by atoms with van der Waals surface area (Å²) in [6, 6.07) is 6.00. The van der Waals surface area contributed by atoms with Crippen molar-refractivity contribution in [1.82, 2.24) is 24.7 Å². The molecule has 1 N–H and O–H groups in total. The van der Waals surface area contributed by atoms with Crippen molar-refractivity contribution in [2.45, 2.75) is 31.6 Å². The Morgan fingerprint density at radius 1 is 1.16 bits per heavy atom. The molecule has 3 aromatic rings. The van der Waals surface area contributed by atoms with Crippen LogP contribution in [0.3, 0.4) is 0 Å². The predicted molar refractivity (Wildman–Crippen MR) is 97.4 cm³/mol. The molecule has 6 nitrogen and oxygen atoms in total. The number of hydrogen-bond donors (Lipinski definition) is 1. The number of aliphatic imine (C=N–C) groups is 1. The normalized spacial score (nSPS) is 19.6. The van der Waals surface area contributed by atoms with E-state index in [0.717, 1.165) is 54.5 Å². The van der Waals surface area contributed by atoms with Gasteiger partial charge >= 0.3 is 0 Å². The molecule has 1 saturated carbocycles. The molecule has 0 radical (unpaired) electrons. The van der Waals surface area contributed by atoms with E-state index in [4.69, 9.17) is 9.98 Å². The topological polar surface area (TPSA) is 67.5 Å². The third-order valence-corrected chi connectivity index (χ3v) is 4.83. The lowest BCUT2D eigenvalue weighted by Gasteiger charge is -2.13. The summed E-state index contributed by atoms with van der Waals surface area (Å²) in [5, 5.41) is 3.36. The van der Waals surface area contributed by atoms with Crippen molar-refractivity contribution in [2.75, 3.05) is 13.1 Å². The maximum atomic E-state index is 4.75. The summed E-state index contributed by atoms with van der Waals surface area (Å²) in [4.78, 5) is 18.5. The second-order valence-electron chi connectivity index (χ2n) is 6.80. The number of fused-ring (bicyclic) bond motifs is 1. The van der Waals surface area contributed by atoms with Gasteiger partial charge in [-0.25, -0.2) is 15.0 Å². The van der Waals surface area contributed by atoms with Gasteiger partial charge in [-0.15, -0.1) is 0 Å². The number of rotatable bonds is 3. The van der Waals surface area contributed by atoms with Gasteiger partial charge in [-0.2, -0.15) is 0 Å². The van der Waals surface area contributed by atoms with E-state index in [-0.39, 0.29) is 0 Å². The van der Waals surface area contributed by atoms with Crippen molar-refractivity contribution in [3.05, 3.63) is 42.5 Å². The van der Waals surface area contributed by atoms with E-state index < -0.39 is 0 Å². The Labute approximate surface area is 146 Å². The number of pyridine rings is 1. The van der Waals surface area contributed by atoms with Crippen LogP contribution in [-0.2, 0) is 0 Å². The highest BCUT2D eigenvalue weighted by atomic mass is 15.0. The van der Waals surface area contributed by atoms with Crippen molar-refractivity contribution in [3.63, 3.8) is 0 Å². The Hall–Kier alpha value is -2.60. The van der Waals surface area contributed by atoms with Gasteiger partial charge in [0.15, 0.2) is 11.5 Å². The van der Waals surface area contributed by atoms with Crippen molar-refractivity contribution < 1.29 is 0 Å². The Bertz CT molecular complexity index is 945. The van der Waals surface area contributed by atoms with Gasteiger partial charge in [0.25, 0.3) is 0 Å². The summed E-state index contributed by atoms with van der Waals surface area (Å²) in [7, 11) is 0. The van der Waals surface area contributed by atoms with Crippen LogP contribution in [0, 0.1) is 0 Å². The van der Waals surface area contributed by atoms with Gasteiger partial charge in [0.1, 0.15) is 0 Å². The molecule has 1 aliphatic carbocycles. The van der Waals surface area contributed by atoms with Crippen LogP contribution in [0.1, 0.15) is 37.3 Å². The van der Waals surface area contributed by atoms with Gasteiger partial charge in [-0.05, 0) is 44.4 Å². The fraction of sp³-hybridized carbons (Fsp3) is 0.368. The summed E-state index contributed by atoms with van der Waals surface area (Å²) in [5.74, 6) is 1.38.